The van der Waals surface area contributed by atoms with Crippen LogP contribution in [0.25, 0.3) is 0 Å². The summed E-state index contributed by atoms with van der Waals surface area (Å²) in [4.78, 5) is 4.45. The van der Waals surface area contributed by atoms with Crippen molar-refractivity contribution in [2.45, 2.75) is 0 Å². The summed E-state index contributed by atoms with van der Waals surface area (Å²) in [5.41, 5.74) is 0. The molecule has 0 aromatic heterocycles. The van der Waals surface area contributed by atoms with Crippen molar-refractivity contribution in [3.8, 4) is 0 Å². The van der Waals surface area contributed by atoms with Crippen LogP contribution in [0.4, 0.5) is 0 Å². The molecule has 1 fully saturated rings. The van der Waals surface area contributed by atoms with Crippen molar-refractivity contribution >= 4 is 12.2 Å². The van der Waals surface area contributed by atoms with E-state index in [9.17, 15) is 0 Å². The molecule has 0 unspecified atom stereocenters. The topological polar surface area (TPSA) is 33.7 Å². The summed E-state index contributed by atoms with van der Waals surface area (Å²) in [6, 6.07) is 0. The minimum atomic E-state index is 1.01. The van der Waals surface area contributed by atoms with Crippen molar-refractivity contribution in [2.75, 3.05) is 33.3 Å². The Labute approximate surface area is 65.1 Å². The fraction of sp³-hybridized carbons (Fsp3) is 1.00. The van der Waals surface area contributed by atoms with Crippen LogP contribution in [0.15, 0.2) is 0 Å². The normalized spacial score (nSPS) is 21.3. The molecule has 4 nitrogen and oxygen atoms in total. The molecule has 0 spiro atoms. The van der Waals surface area contributed by atoms with Gasteiger partial charge in [-0.2, -0.15) is 0 Å². The zero-order valence-electron chi connectivity index (χ0n) is 6.00. The number of nitrogens with zero attached hydrogens (tertiary/aromatic N) is 1. The molecule has 0 saturated carbocycles. The molecule has 1 saturated heterocycles. The van der Waals surface area contributed by atoms with Gasteiger partial charge in [0.25, 0.3) is 0 Å². The van der Waals surface area contributed by atoms with Crippen LogP contribution in [0, 0.1) is 0 Å². The van der Waals surface area contributed by atoms with E-state index in [0.29, 0.717) is 0 Å². The number of nitrogens with one attached hydrogen (secondary N) is 1. The van der Waals surface area contributed by atoms with Gasteiger partial charge in [-0.15, -0.1) is 4.33 Å². The molecule has 1 aliphatic heterocycles. The second kappa shape index (κ2) is 4.92. The number of hydrogen-bond donors (Lipinski definition) is 1. The Balaban J connectivity index is 2.02. The lowest BCUT2D eigenvalue weighted by molar-refractivity contribution is -0.163. The molecule has 0 amide bonds. The van der Waals surface area contributed by atoms with E-state index in [-0.39, 0.29) is 0 Å². The Kier molecular flexibility index (Phi) is 4.08. The Morgan fingerprint density at radius 1 is 1.40 bits per heavy atom. The van der Waals surface area contributed by atoms with Gasteiger partial charge in [-0.3, -0.25) is 0 Å². The van der Waals surface area contributed by atoms with E-state index in [1.807, 2.05) is 0 Å². The first kappa shape index (κ1) is 8.29. The zero-order valence-corrected chi connectivity index (χ0v) is 6.82. The molecule has 0 atom stereocenters. The predicted octanol–water partition coefficient (Wildman–Crippen LogP) is 0.0328. The Hall–Kier alpha value is 0.190. The maximum absolute atomic E-state index is 4.69. The van der Waals surface area contributed by atoms with Crippen molar-refractivity contribution in [3.05, 3.63) is 0 Å². The summed E-state index contributed by atoms with van der Waals surface area (Å²) in [7, 11) is 1.51. The molecule has 1 N–H and O–H groups in total. The molecule has 1 aliphatic rings. The van der Waals surface area contributed by atoms with E-state index < -0.39 is 0 Å². The highest BCUT2D eigenvalue weighted by Gasteiger charge is 2.09. The van der Waals surface area contributed by atoms with Crippen LogP contribution >= 0.6 is 12.2 Å². The highest BCUT2D eigenvalue weighted by molar-refractivity contribution is 7.92. The molecular formula is C5H12N2O2S. The van der Waals surface area contributed by atoms with Gasteiger partial charge in [0.05, 0.1) is 7.11 Å². The second-order valence-corrected chi connectivity index (χ2v) is 2.79. The molecular weight excluding hydrogens is 152 g/mol. The van der Waals surface area contributed by atoms with Crippen LogP contribution in [0.1, 0.15) is 0 Å². The Morgan fingerprint density at radius 2 is 2.10 bits per heavy atom. The van der Waals surface area contributed by atoms with E-state index in [1.54, 1.807) is 0 Å². The first-order valence-electron chi connectivity index (χ1n) is 3.26. The maximum atomic E-state index is 4.69. The average Bonchev–Trinajstić information content (AvgIpc) is 2.03. The fourth-order valence-corrected chi connectivity index (χ4v) is 1.27. The van der Waals surface area contributed by atoms with Gasteiger partial charge in [-0.1, -0.05) is 0 Å². The van der Waals surface area contributed by atoms with Crippen molar-refractivity contribution in [3.63, 3.8) is 0 Å². The van der Waals surface area contributed by atoms with Crippen molar-refractivity contribution in [1.29, 1.82) is 0 Å². The van der Waals surface area contributed by atoms with Gasteiger partial charge in [-0.25, -0.2) is 9.19 Å². The summed E-state index contributed by atoms with van der Waals surface area (Å²) in [6.45, 7) is 4.07. The number of piperazine rings is 1. The third-order valence-electron chi connectivity index (χ3n) is 1.28. The number of hydrogen-bond acceptors (Lipinski definition) is 5. The van der Waals surface area contributed by atoms with E-state index >= 15 is 0 Å². The molecule has 0 bridgehead atoms. The smallest absolute Gasteiger partial charge is 0.121 e. The largest absolute Gasteiger partial charge is 0.314 e. The predicted molar refractivity (Wildman–Crippen MR) is 40.1 cm³/mol. The van der Waals surface area contributed by atoms with Crippen LogP contribution in [-0.2, 0) is 9.22 Å². The zero-order chi connectivity index (χ0) is 7.23. The molecule has 0 aromatic rings. The van der Waals surface area contributed by atoms with E-state index in [2.05, 4.69) is 18.8 Å². The van der Waals surface area contributed by atoms with Gasteiger partial charge in [0, 0.05) is 26.2 Å². The molecule has 10 heavy (non-hydrogen) atoms. The van der Waals surface area contributed by atoms with Gasteiger partial charge < -0.3 is 5.32 Å². The van der Waals surface area contributed by atoms with Gasteiger partial charge >= 0.3 is 0 Å². The molecule has 0 aromatic carbocycles. The third-order valence-corrected chi connectivity index (χ3v) is 2.05. The minimum Gasteiger partial charge on any atom is -0.314 e. The molecule has 60 valence electrons. The lowest BCUT2D eigenvalue weighted by Crippen LogP contribution is -2.39. The molecule has 0 radical (unpaired) electrons. The first-order chi connectivity index (χ1) is 4.93. The first-order valence-corrected chi connectivity index (χ1v) is 3.96. The Morgan fingerprint density at radius 3 is 2.70 bits per heavy atom. The SMILES string of the molecule is COOSN1CCNCC1. The summed E-state index contributed by atoms with van der Waals surface area (Å²) >= 11 is 1.27. The summed E-state index contributed by atoms with van der Waals surface area (Å²) < 4.78 is 6.80. The van der Waals surface area contributed by atoms with E-state index in [4.69, 9.17) is 0 Å². The van der Waals surface area contributed by atoms with Crippen LogP contribution in [0.5, 0.6) is 0 Å². The summed E-state index contributed by atoms with van der Waals surface area (Å²) in [5.74, 6) is 0. The standard InChI is InChI=1S/C5H12N2O2S/c1-8-9-10-7-4-2-6-3-5-7/h6H,2-5H2,1H3. The van der Waals surface area contributed by atoms with Gasteiger partial charge in [0.2, 0.25) is 0 Å². The number of rotatable bonds is 3. The highest BCUT2D eigenvalue weighted by Crippen LogP contribution is 2.10. The van der Waals surface area contributed by atoms with Crippen molar-refractivity contribution in [1.82, 2.24) is 9.62 Å². The second-order valence-electron chi connectivity index (χ2n) is 1.99. The molecule has 1 rings (SSSR count). The lowest BCUT2D eigenvalue weighted by atomic mass is 10.4. The quantitative estimate of drug-likeness (QED) is 0.275. The molecule has 1 heterocycles. The van der Waals surface area contributed by atoms with Crippen LogP contribution in [-0.4, -0.2) is 37.6 Å². The van der Waals surface area contributed by atoms with E-state index in [0.717, 1.165) is 26.2 Å². The van der Waals surface area contributed by atoms with Gasteiger partial charge in [0.1, 0.15) is 12.2 Å². The lowest BCUT2D eigenvalue weighted by Gasteiger charge is -2.23. The van der Waals surface area contributed by atoms with E-state index in [1.165, 1.54) is 19.3 Å². The monoisotopic (exact) mass is 164 g/mol. The Bertz CT molecular complexity index is 87.7. The van der Waals surface area contributed by atoms with Gasteiger partial charge in [0.15, 0.2) is 0 Å². The summed E-state index contributed by atoms with van der Waals surface area (Å²) in [6.07, 6.45) is 0. The maximum Gasteiger partial charge on any atom is 0.121 e. The van der Waals surface area contributed by atoms with Crippen LogP contribution in [0.2, 0.25) is 0 Å². The third kappa shape index (κ3) is 2.85. The van der Waals surface area contributed by atoms with Crippen LogP contribution < -0.4 is 5.32 Å². The molecule has 0 aliphatic carbocycles. The van der Waals surface area contributed by atoms with Crippen LogP contribution in [0.3, 0.4) is 0 Å². The average molecular weight is 164 g/mol. The fourth-order valence-electron chi connectivity index (χ4n) is 0.792. The van der Waals surface area contributed by atoms with Crippen molar-refractivity contribution < 1.29 is 9.22 Å². The summed E-state index contributed by atoms with van der Waals surface area (Å²) in [5, 5.41) is 3.24. The molecule has 5 heteroatoms. The minimum absolute atomic E-state index is 1.01. The highest BCUT2D eigenvalue weighted by atomic mass is 32.2. The van der Waals surface area contributed by atoms with Gasteiger partial charge in [-0.05, 0) is 0 Å². The van der Waals surface area contributed by atoms with Crippen molar-refractivity contribution in [2.24, 2.45) is 0 Å².